The minimum Gasteiger partial charge on any atom is -0.380 e. The molecule has 5 heteroatoms. The predicted molar refractivity (Wildman–Crippen MR) is 69.5 cm³/mol. The molecule has 0 atom stereocenters. The number of nitrogens with zero attached hydrogens (tertiary/aromatic N) is 1. The maximum absolute atomic E-state index is 12.9. The Morgan fingerprint density at radius 1 is 1.41 bits per heavy atom. The second-order valence-electron chi connectivity index (χ2n) is 3.89. The fourth-order valence-corrected chi connectivity index (χ4v) is 2.14. The van der Waals surface area contributed by atoms with Crippen LogP contribution in [-0.2, 0) is 6.54 Å². The lowest BCUT2D eigenvalue weighted by Crippen LogP contribution is -2.02. The average Bonchev–Trinajstić information content (AvgIpc) is 2.58. The van der Waals surface area contributed by atoms with E-state index in [1.54, 1.807) is 6.07 Å². The Morgan fingerprint density at radius 3 is 2.76 bits per heavy atom. The molecule has 1 heterocycles. The van der Waals surface area contributed by atoms with Gasteiger partial charge in [0.05, 0.1) is 5.69 Å². The topological polar surface area (TPSA) is 40.7 Å². The van der Waals surface area contributed by atoms with Crippen molar-refractivity contribution in [3.8, 4) is 0 Å². The van der Waals surface area contributed by atoms with Crippen LogP contribution in [0.3, 0.4) is 0 Å². The van der Waals surface area contributed by atoms with Crippen LogP contribution in [0.2, 0.25) is 0 Å². The molecule has 2 rings (SSSR count). The highest BCUT2D eigenvalue weighted by molar-refractivity contribution is 9.10. The second-order valence-corrected chi connectivity index (χ2v) is 4.74. The van der Waals surface area contributed by atoms with Gasteiger partial charge in [0.15, 0.2) is 0 Å². The van der Waals surface area contributed by atoms with Gasteiger partial charge in [0.25, 0.3) is 0 Å². The minimum absolute atomic E-state index is 0.252. The summed E-state index contributed by atoms with van der Waals surface area (Å²) in [5.41, 5.74) is 4.04. The first-order valence-corrected chi connectivity index (χ1v) is 6.06. The van der Waals surface area contributed by atoms with Gasteiger partial charge in [-0.3, -0.25) is 5.10 Å². The van der Waals surface area contributed by atoms with Crippen molar-refractivity contribution in [2.75, 3.05) is 5.32 Å². The van der Waals surface area contributed by atoms with E-state index in [2.05, 4.69) is 31.4 Å². The Balaban J connectivity index is 2.13. The molecule has 0 fully saturated rings. The van der Waals surface area contributed by atoms with Crippen LogP contribution in [0, 0.1) is 19.7 Å². The summed E-state index contributed by atoms with van der Waals surface area (Å²) in [5.74, 6) is -0.252. The van der Waals surface area contributed by atoms with Gasteiger partial charge in [-0.15, -0.1) is 0 Å². The van der Waals surface area contributed by atoms with Crippen LogP contribution < -0.4 is 5.32 Å². The van der Waals surface area contributed by atoms with Gasteiger partial charge in [0, 0.05) is 28.0 Å². The highest BCUT2D eigenvalue weighted by Gasteiger charge is 2.07. The number of nitrogens with one attached hydrogen (secondary N) is 2. The summed E-state index contributed by atoms with van der Waals surface area (Å²) < 4.78 is 13.6. The molecule has 0 saturated heterocycles. The van der Waals surface area contributed by atoms with Crippen molar-refractivity contribution < 1.29 is 4.39 Å². The standard InChI is InChI=1S/C12H13BrFN3/c1-7-10(8(2)17-16-7)6-15-12-4-3-9(14)5-11(12)13/h3-5,15H,6H2,1-2H3,(H,16,17). The number of halogens is 2. The normalized spacial score (nSPS) is 10.6. The summed E-state index contributed by atoms with van der Waals surface area (Å²) in [6.45, 7) is 4.61. The van der Waals surface area contributed by atoms with Crippen LogP contribution in [0.4, 0.5) is 10.1 Å². The quantitative estimate of drug-likeness (QED) is 0.910. The second kappa shape index (κ2) is 4.87. The number of anilines is 1. The molecular weight excluding hydrogens is 285 g/mol. The van der Waals surface area contributed by atoms with E-state index in [-0.39, 0.29) is 5.82 Å². The Bertz CT molecular complexity index is 517. The van der Waals surface area contributed by atoms with Crippen molar-refractivity contribution >= 4 is 21.6 Å². The Labute approximate surface area is 108 Å². The average molecular weight is 298 g/mol. The molecular formula is C12H13BrFN3. The fraction of sp³-hybridized carbons (Fsp3) is 0.250. The molecule has 0 aliphatic rings. The van der Waals surface area contributed by atoms with Crippen LogP contribution >= 0.6 is 15.9 Å². The lowest BCUT2D eigenvalue weighted by Gasteiger charge is -2.08. The molecule has 0 radical (unpaired) electrons. The van der Waals surface area contributed by atoms with E-state index in [4.69, 9.17) is 0 Å². The summed E-state index contributed by atoms with van der Waals surface area (Å²) in [5, 5.41) is 10.3. The smallest absolute Gasteiger partial charge is 0.124 e. The molecule has 0 bridgehead atoms. The third-order valence-corrected chi connectivity index (χ3v) is 3.32. The van der Waals surface area contributed by atoms with Gasteiger partial charge in [-0.1, -0.05) is 0 Å². The monoisotopic (exact) mass is 297 g/mol. The van der Waals surface area contributed by atoms with E-state index in [0.717, 1.165) is 27.1 Å². The zero-order valence-electron chi connectivity index (χ0n) is 9.64. The zero-order valence-corrected chi connectivity index (χ0v) is 11.2. The molecule has 0 aliphatic carbocycles. The Morgan fingerprint density at radius 2 is 2.18 bits per heavy atom. The van der Waals surface area contributed by atoms with Gasteiger partial charge in [0.1, 0.15) is 5.82 Å². The minimum atomic E-state index is -0.252. The molecule has 90 valence electrons. The maximum Gasteiger partial charge on any atom is 0.124 e. The first kappa shape index (κ1) is 12.1. The van der Waals surface area contributed by atoms with E-state index >= 15 is 0 Å². The van der Waals surface area contributed by atoms with Gasteiger partial charge in [-0.2, -0.15) is 5.10 Å². The van der Waals surface area contributed by atoms with Gasteiger partial charge < -0.3 is 5.32 Å². The van der Waals surface area contributed by atoms with E-state index in [9.17, 15) is 4.39 Å². The summed E-state index contributed by atoms with van der Waals surface area (Å²) >= 11 is 3.32. The molecule has 1 aromatic carbocycles. The van der Waals surface area contributed by atoms with Crippen LogP contribution in [0.1, 0.15) is 17.0 Å². The van der Waals surface area contributed by atoms with Crippen molar-refractivity contribution in [1.29, 1.82) is 0 Å². The molecule has 0 saturated carbocycles. The summed E-state index contributed by atoms with van der Waals surface area (Å²) in [7, 11) is 0. The van der Waals surface area contributed by atoms with Crippen molar-refractivity contribution in [3.63, 3.8) is 0 Å². The first-order valence-electron chi connectivity index (χ1n) is 5.27. The molecule has 0 aliphatic heterocycles. The van der Waals surface area contributed by atoms with Crippen molar-refractivity contribution in [1.82, 2.24) is 10.2 Å². The third kappa shape index (κ3) is 2.66. The summed E-state index contributed by atoms with van der Waals surface area (Å²) in [6.07, 6.45) is 0. The van der Waals surface area contributed by atoms with Crippen LogP contribution in [0.5, 0.6) is 0 Å². The molecule has 0 unspecified atom stereocenters. The molecule has 3 nitrogen and oxygen atoms in total. The van der Waals surface area contributed by atoms with Crippen LogP contribution in [0.25, 0.3) is 0 Å². The number of H-pyrrole nitrogens is 1. The van der Waals surface area contributed by atoms with Gasteiger partial charge in [-0.05, 0) is 48.0 Å². The number of hydrogen-bond acceptors (Lipinski definition) is 2. The predicted octanol–water partition coefficient (Wildman–Crippen LogP) is 3.54. The third-order valence-electron chi connectivity index (χ3n) is 2.67. The highest BCUT2D eigenvalue weighted by atomic mass is 79.9. The highest BCUT2D eigenvalue weighted by Crippen LogP contribution is 2.24. The summed E-state index contributed by atoms with van der Waals surface area (Å²) in [6, 6.07) is 4.59. The van der Waals surface area contributed by atoms with E-state index in [0.29, 0.717) is 6.54 Å². The number of aromatic amines is 1. The number of aromatic nitrogens is 2. The number of hydrogen-bond donors (Lipinski definition) is 2. The van der Waals surface area contributed by atoms with Gasteiger partial charge >= 0.3 is 0 Å². The van der Waals surface area contributed by atoms with Crippen LogP contribution in [0.15, 0.2) is 22.7 Å². The molecule has 2 aromatic rings. The first-order chi connectivity index (χ1) is 8.08. The SMILES string of the molecule is Cc1n[nH]c(C)c1CNc1ccc(F)cc1Br. The van der Waals surface area contributed by atoms with E-state index < -0.39 is 0 Å². The maximum atomic E-state index is 12.9. The molecule has 0 spiro atoms. The molecule has 17 heavy (non-hydrogen) atoms. The summed E-state index contributed by atoms with van der Waals surface area (Å²) in [4.78, 5) is 0. The molecule has 0 amide bonds. The van der Waals surface area contributed by atoms with E-state index in [1.165, 1.54) is 12.1 Å². The van der Waals surface area contributed by atoms with Gasteiger partial charge in [-0.25, -0.2) is 4.39 Å². The zero-order chi connectivity index (χ0) is 12.4. The lowest BCUT2D eigenvalue weighted by molar-refractivity contribution is 0.627. The van der Waals surface area contributed by atoms with E-state index in [1.807, 2.05) is 13.8 Å². The Kier molecular flexibility index (Phi) is 3.47. The van der Waals surface area contributed by atoms with Crippen LogP contribution in [-0.4, -0.2) is 10.2 Å². The van der Waals surface area contributed by atoms with Crippen molar-refractivity contribution in [2.24, 2.45) is 0 Å². The lowest BCUT2D eigenvalue weighted by atomic mass is 10.2. The number of benzene rings is 1. The molecule has 2 N–H and O–H groups in total. The largest absolute Gasteiger partial charge is 0.380 e. The number of rotatable bonds is 3. The Hall–Kier alpha value is -1.36. The fourth-order valence-electron chi connectivity index (χ4n) is 1.65. The molecule has 1 aromatic heterocycles. The van der Waals surface area contributed by atoms with Gasteiger partial charge in [0.2, 0.25) is 0 Å². The van der Waals surface area contributed by atoms with Crippen molar-refractivity contribution in [3.05, 3.63) is 45.4 Å². The van der Waals surface area contributed by atoms with Crippen molar-refractivity contribution in [2.45, 2.75) is 20.4 Å². The number of aryl methyl sites for hydroxylation is 2.